The molecule has 0 unspecified atom stereocenters. The molecule has 0 aliphatic carbocycles. The Balaban J connectivity index is 2.01. The Morgan fingerprint density at radius 2 is 1.69 bits per heavy atom. The van der Waals surface area contributed by atoms with Crippen LogP contribution in [-0.4, -0.2) is 43.1 Å². The first kappa shape index (κ1) is 20.6. The van der Waals surface area contributed by atoms with Crippen molar-refractivity contribution in [2.45, 2.75) is 26.9 Å². The molecule has 29 heavy (non-hydrogen) atoms. The van der Waals surface area contributed by atoms with Crippen LogP contribution in [0.4, 0.5) is 5.69 Å². The van der Waals surface area contributed by atoms with E-state index in [1.54, 1.807) is 19.2 Å². The second-order valence-electron chi connectivity index (χ2n) is 7.14. The predicted molar refractivity (Wildman–Crippen MR) is 113 cm³/mol. The average Bonchev–Trinajstić information content (AvgIpc) is 2.92. The van der Waals surface area contributed by atoms with E-state index < -0.39 is 0 Å². The molecule has 152 valence electrons. The van der Waals surface area contributed by atoms with Crippen molar-refractivity contribution in [3.63, 3.8) is 0 Å². The van der Waals surface area contributed by atoms with Gasteiger partial charge in [0.1, 0.15) is 11.4 Å². The molecule has 2 aromatic carbocycles. The smallest absolute Gasteiger partial charge is 0.278 e. The molecule has 0 atom stereocenters. The van der Waals surface area contributed by atoms with Crippen molar-refractivity contribution in [2.75, 3.05) is 25.6 Å². The van der Waals surface area contributed by atoms with Crippen LogP contribution in [0, 0.1) is 6.92 Å². The van der Waals surface area contributed by atoms with Crippen molar-refractivity contribution in [2.24, 2.45) is 0 Å². The Labute approximate surface area is 171 Å². The van der Waals surface area contributed by atoms with Crippen LogP contribution in [0.5, 0.6) is 5.75 Å². The lowest BCUT2D eigenvalue weighted by Crippen LogP contribution is -2.35. The monoisotopic (exact) mass is 394 g/mol. The molecule has 1 aliphatic rings. The summed E-state index contributed by atoms with van der Waals surface area (Å²) in [6, 6.07) is 14.9. The summed E-state index contributed by atoms with van der Waals surface area (Å²) in [7, 11) is 1.54. The molecule has 1 heterocycles. The Kier molecular flexibility index (Phi) is 6.34. The third kappa shape index (κ3) is 4.49. The van der Waals surface area contributed by atoms with Crippen molar-refractivity contribution < 1.29 is 19.1 Å². The van der Waals surface area contributed by atoms with Gasteiger partial charge in [-0.1, -0.05) is 30.3 Å². The molecule has 0 bridgehead atoms. The second kappa shape index (κ2) is 8.92. The number of amides is 2. The molecular weight excluding hydrogens is 368 g/mol. The van der Waals surface area contributed by atoms with Gasteiger partial charge in [0.25, 0.3) is 11.8 Å². The van der Waals surface area contributed by atoms with E-state index in [0.29, 0.717) is 16.9 Å². The number of carbonyl (C=O) groups excluding carboxylic acids is 2. The van der Waals surface area contributed by atoms with Crippen molar-refractivity contribution in [3.05, 3.63) is 65.4 Å². The zero-order valence-corrected chi connectivity index (χ0v) is 17.2. The van der Waals surface area contributed by atoms with E-state index in [4.69, 9.17) is 9.47 Å². The highest BCUT2D eigenvalue weighted by Crippen LogP contribution is 2.32. The number of benzene rings is 2. The zero-order chi connectivity index (χ0) is 21.0. The number of imide groups is 1. The van der Waals surface area contributed by atoms with E-state index in [1.165, 1.54) is 4.90 Å². The number of nitrogens with one attached hydrogen (secondary N) is 1. The molecule has 0 fully saturated rings. The molecule has 1 N–H and O–H groups in total. The van der Waals surface area contributed by atoms with Gasteiger partial charge in [0.05, 0.1) is 24.8 Å². The van der Waals surface area contributed by atoms with E-state index in [1.807, 2.05) is 57.2 Å². The van der Waals surface area contributed by atoms with Crippen LogP contribution in [0.2, 0.25) is 0 Å². The van der Waals surface area contributed by atoms with Gasteiger partial charge in [-0.25, -0.2) is 0 Å². The van der Waals surface area contributed by atoms with E-state index in [0.717, 1.165) is 11.3 Å². The standard InChI is InChI=1S/C23H26N2O4/c1-15(2)29-18-11-9-17(10-12-18)20-21(24-19-8-6-5-7-16(19)3)23(27)25(22(20)26)13-14-28-4/h5-12,15,24H,13-14H2,1-4H3. The number of hydrogen-bond donors (Lipinski definition) is 1. The number of hydrogen-bond acceptors (Lipinski definition) is 5. The minimum absolute atomic E-state index is 0.0533. The predicted octanol–water partition coefficient (Wildman–Crippen LogP) is 3.62. The maximum Gasteiger partial charge on any atom is 0.278 e. The maximum absolute atomic E-state index is 13.1. The molecule has 2 amide bonds. The molecule has 0 radical (unpaired) electrons. The number of anilines is 1. The molecule has 0 aromatic heterocycles. The van der Waals surface area contributed by atoms with Gasteiger partial charge in [0.2, 0.25) is 0 Å². The summed E-state index contributed by atoms with van der Waals surface area (Å²) in [5.74, 6) is 0.0271. The van der Waals surface area contributed by atoms with E-state index in [9.17, 15) is 9.59 Å². The van der Waals surface area contributed by atoms with Gasteiger partial charge >= 0.3 is 0 Å². The third-order valence-electron chi connectivity index (χ3n) is 4.61. The molecule has 1 aliphatic heterocycles. The lowest BCUT2D eigenvalue weighted by molar-refractivity contribution is -0.137. The van der Waals surface area contributed by atoms with E-state index in [-0.39, 0.29) is 36.8 Å². The highest BCUT2D eigenvalue weighted by Gasteiger charge is 2.39. The summed E-state index contributed by atoms with van der Waals surface area (Å²) in [5.41, 5.74) is 3.06. The number of para-hydroxylation sites is 1. The number of methoxy groups -OCH3 is 1. The second-order valence-corrected chi connectivity index (χ2v) is 7.14. The summed E-state index contributed by atoms with van der Waals surface area (Å²) in [6.07, 6.45) is 0.0533. The SMILES string of the molecule is COCCN1C(=O)C(Nc2ccccc2C)=C(c2ccc(OC(C)C)cc2)C1=O. The van der Waals surface area contributed by atoms with Crippen LogP contribution in [0.3, 0.4) is 0 Å². The van der Waals surface area contributed by atoms with E-state index >= 15 is 0 Å². The Morgan fingerprint density at radius 3 is 2.31 bits per heavy atom. The summed E-state index contributed by atoms with van der Waals surface area (Å²) in [5, 5.41) is 3.19. The van der Waals surface area contributed by atoms with Gasteiger partial charge < -0.3 is 14.8 Å². The number of ether oxygens (including phenoxy) is 2. The quantitative estimate of drug-likeness (QED) is 0.693. The fourth-order valence-corrected chi connectivity index (χ4v) is 3.17. The molecule has 0 saturated heterocycles. The number of rotatable bonds is 8. The van der Waals surface area contributed by atoms with Crippen LogP contribution in [0.15, 0.2) is 54.2 Å². The topological polar surface area (TPSA) is 67.9 Å². The fourth-order valence-electron chi connectivity index (χ4n) is 3.17. The van der Waals surface area contributed by atoms with Gasteiger partial charge in [-0.05, 0) is 50.1 Å². The first-order valence-corrected chi connectivity index (χ1v) is 9.61. The molecule has 0 spiro atoms. The molecular formula is C23H26N2O4. The summed E-state index contributed by atoms with van der Waals surface area (Å²) in [6.45, 7) is 6.33. The molecule has 6 nitrogen and oxygen atoms in total. The molecule has 3 rings (SSSR count). The molecule has 0 saturated carbocycles. The van der Waals surface area contributed by atoms with Gasteiger partial charge in [-0.3, -0.25) is 14.5 Å². The lowest BCUT2D eigenvalue weighted by atomic mass is 10.0. The van der Waals surface area contributed by atoms with Crippen LogP contribution in [0.1, 0.15) is 25.0 Å². The first-order chi connectivity index (χ1) is 13.9. The van der Waals surface area contributed by atoms with Gasteiger partial charge in [-0.15, -0.1) is 0 Å². The fraction of sp³-hybridized carbons (Fsp3) is 0.304. The van der Waals surface area contributed by atoms with E-state index in [2.05, 4.69) is 5.32 Å². The average molecular weight is 394 g/mol. The van der Waals surface area contributed by atoms with Gasteiger partial charge in [-0.2, -0.15) is 0 Å². The molecule has 2 aromatic rings. The largest absolute Gasteiger partial charge is 0.491 e. The van der Waals surface area contributed by atoms with Crippen LogP contribution >= 0.6 is 0 Å². The lowest BCUT2D eigenvalue weighted by Gasteiger charge is -2.15. The van der Waals surface area contributed by atoms with Crippen LogP contribution in [-0.2, 0) is 14.3 Å². The van der Waals surface area contributed by atoms with Crippen molar-refractivity contribution in [1.82, 2.24) is 4.90 Å². The van der Waals surface area contributed by atoms with Crippen molar-refractivity contribution in [1.29, 1.82) is 0 Å². The summed E-state index contributed by atoms with van der Waals surface area (Å²) in [4.78, 5) is 27.3. The Hall–Kier alpha value is -3.12. The number of nitrogens with zero attached hydrogens (tertiary/aromatic N) is 1. The molecule has 6 heteroatoms. The van der Waals surface area contributed by atoms with Crippen molar-refractivity contribution in [3.8, 4) is 5.75 Å². The minimum atomic E-state index is -0.354. The first-order valence-electron chi connectivity index (χ1n) is 9.61. The third-order valence-corrected chi connectivity index (χ3v) is 4.61. The highest BCUT2D eigenvalue weighted by atomic mass is 16.5. The van der Waals surface area contributed by atoms with Crippen LogP contribution < -0.4 is 10.1 Å². The highest BCUT2D eigenvalue weighted by molar-refractivity contribution is 6.36. The van der Waals surface area contributed by atoms with Gasteiger partial charge in [0, 0.05) is 12.8 Å². The summed E-state index contributed by atoms with van der Waals surface area (Å²) < 4.78 is 10.7. The summed E-state index contributed by atoms with van der Waals surface area (Å²) >= 11 is 0. The number of aryl methyl sites for hydroxylation is 1. The maximum atomic E-state index is 13.1. The van der Waals surface area contributed by atoms with Crippen LogP contribution in [0.25, 0.3) is 5.57 Å². The Morgan fingerprint density at radius 1 is 1.00 bits per heavy atom. The zero-order valence-electron chi connectivity index (χ0n) is 17.2. The normalized spacial score (nSPS) is 14.2. The Bertz CT molecular complexity index is 932. The van der Waals surface area contributed by atoms with Crippen molar-refractivity contribution >= 4 is 23.1 Å². The van der Waals surface area contributed by atoms with Gasteiger partial charge in [0.15, 0.2) is 0 Å². The number of carbonyl (C=O) groups is 2. The minimum Gasteiger partial charge on any atom is -0.491 e.